The molecule has 1 N–H and O–H groups in total. The smallest absolute Gasteiger partial charge is 0.428 e. The summed E-state index contributed by atoms with van der Waals surface area (Å²) in [5.74, 6) is -1.19. The number of phenols is 1. The molecule has 2 unspecified atom stereocenters. The molecule has 0 aliphatic heterocycles. The molecule has 0 aliphatic carbocycles. The van der Waals surface area contributed by atoms with E-state index in [0.29, 0.717) is 6.42 Å². The molecule has 4 nitrogen and oxygen atoms in total. The van der Waals surface area contributed by atoms with Gasteiger partial charge in [-0.1, -0.05) is 32.6 Å². The zero-order valence-electron chi connectivity index (χ0n) is 14.5. The van der Waals surface area contributed by atoms with Gasteiger partial charge < -0.3 is 14.6 Å². The number of halogens is 3. The predicted octanol–water partition coefficient (Wildman–Crippen LogP) is 4.86. The maximum Gasteiger partial charge on any atom is 0.428 e. The van der Waals surface area contributed by atoms with Crippen molar-refractivity contribution >= 4 is 5.97 Å². The van der Waals surface area contributed by atoms with Crippen LogP contribution in [0.25, 0.3) is 0 Å². The second-order valence-electron chi connectivity index (χ2n) is 5.76. The molecule has 0 radical (unpaired) electrons. The molecule has 0 spiro atoms. The van der Waals surface area contributed by atoms with Crippen molar-refractivity contribution < 1.29 is 32.5 Å². The highest BCUT2D eigenvalue weighted by Crippen LogP contribution is 2.30. The lowest BCUT2D eigenvalue weighted by Gasteiger charge is -2.28. The third-order valence-corrected chi connectivity index (χ3v) is 3.72. The summed E-state index contributed by atoms with van der Waals surface area (Å²) in [6.07, 6.45) is -4.84. The first-order chi connectivity index (χ1) is 11.8. The van der Waals surface area contributed by atoms with E-state index in [1.165, 1.54) is 24.3 Å². The molecule has 0 heterocycles. The molecule has 0 aliphatic rings. The number of phenolic OH excluding ortho intramolecular Hbond substituents is 1. The minimum absolute atomic E-state index is 0.0618. The molecule has 1 rings (SSSR count). The van der Waals surface area contributed by atoms with Crippen molar-refractivity contribution in [2.24, 2.45) is 0 Å². The van der Waals surface area contributed by atoms with Crippen LogP contribution in [0.1, 0.15) is 56.3 Å². The summed E-state index contributed by atoms with van der Waals surface area (Å²) < 4.78 is 50.2. The molecule has 1 aromatic rings. The highest BCUT2D eigenvalue weighted by atomic mass is 19.4. The number of esters is 1. The van der Waals surface area contributed by atoms with Gasteiger partial charge in [-0.15, -0.1) is 0 Å². The van der Waals surface area contributed by atoms with Gasteiger partial charge in [0.15, 0.2) is 0 Å². The van der Waals surface area contributed by atoms with E-state index in [9.17, 15) is 23.1 Å². The molecule has 0 bridgehead atoms. The third-order valence-electron chi connectivity index (χ3n) is 3.72. The van der Waals surface area contributed by atoms with Gasteiger partial charge in [0, 0.05) is 6.61 Å². The highest BCUT2D eigenvalue weighted by molar-refractivity contribution is 5.89. The molecular formula is C18H25F3O4. The second kappa shape index (κ2) is 10.3. The lowest BCUT2D eigenvalue weighted by Crippen LogP contribution is -2.45. The van der Waals surface area contributed by atoms with Gasteiger partial charge in [0.05, 0.1) is 5.56 Å². The van der Waals surface area contributed by atoms with E-state index in [2.05, 4.69) is 0 Å². The first-order valence-corrected chi connectivity index (χ1v) is 8.47. The molecule has 0 aromatic heterocycles. The molecule has 0 saturated carbocycles. The van der Waals surface area contributed by atoms with Crippen LogP contribution in [-0.2, 0) is 9.47 Å². The quantitative estimate of drug-likeness (QED) is 0.477. The van der Waals surface area contributed by atoms with Gasteiger partial charge >= 0.3 is 12.1 Å². The second-order valence-corrected chi connectivity index (χ2v) is 5.76. The fraction of sp³-hybridized carbons (Fsp3) is 0.611. The third kappa shape index (κ3) is 7.34. The van der Waals surface area contributed by atoms with Crippen LogP contribution < -0.4 is 0 Å². The Labute approximate surface area is 145 Å². The summed E-state index contributed by atoms with van der Waals surface area (Å²) in [5, 5.41) is 9.20. The summed E-state index contributed by atoms with van der Waals surface area (Å²) in [4.78, 5) is 12.0. The monoisotopic (exact) mass is 362 g/mol. The van der Waals surface area contributed by atoms with Crippen molar-refractivity contribution in [3.05, 3.63) is 29.8 Å². The Hall–Kier alpha value is -1.76. The molecule has 142 valence electrons. The zero-order chi connectivity index (χ0) is 18.9. The Morgan fingerprint density at radius 2 is 1.76 bits per heavy atom. The predicted molar refractivity (Wildman–Crippen MR) is 87.5 cm³/mol. The number of rotatable bonds is 10. The topological polar surface area (TPSA) is 55.8 Å². The SMILES string of the molecule is CCCCCCC(OCC)C(OC(=O)c1ccc(O)cc1)C(F)(F)F. The number of benzene rings is 1. The average Bonchev–Trinajstić information content (AvgIpc) is 2.55. The van der Waals surface area contributed by atoms with Crippen LogP contribution in [0.5, 0.6) is 5.75 Å². The van der Waals surface area contributed by atoms with Crippen LogP contribution in [0, 0.1) is 0 Å². The number of hydrogen-bond acceptors (Lipinski definition) is 4. The van der Waals surface area contributed by atoms with Gasteiger partial charge in [-0.25, -0.2) is 4.79 Å². The standard InChI is InChI=1S/C18H25F3O4/c1-3-5-6-7-8-15(24-4-2)16(18(19,20)21)25-17(23)13-9-11-14(22)12-10-13/h9-12,15-16,22H,3-8H2,1-2H3. The Balaban J connectivity index is 2.85. The number of carbonyl (C=O) groups is 1. The van der Waals surface area contributed by atoms with E-state index in [4.69, 9.17) is 9.47 Å². The molecule has 0 fully saturated rings. The van der Waals surface area contributed by atoms with Crippen molar-refractivity contribution in [3.8, 4) is 5.75 Å². The molecular weight excluding hydrogens is 337 g/mol. The fourth-order valence-corrected chi connectivity index (χ4v) is 2.44. The van der Waals surface area contributed by atoms with Crippen molar-refractivity contribution in [1.82, 2.24) is 0 Å². The highest BCUT2D eigenvalue weighted by Gasteiger charge is 2.48. The average molecular weight is 362 g/mol. The first-order valence-electron chi connectivity index (χ1n) is 8.47. The van der Waals surface area contributed by atoms with Crippen LogP contribution in [-0.4, -0.2) is 36.1 Å². The van der Waals surface area contributed by atoms with Crippen molar-refractivity contribution in [2.75, 3.05) is 6.61 Å². The largest absolute Gasteiger partial charge is 0.508 e. The summed E-state index contributed by atoms with van der Waals surface area (Å²) >= 11 is 0. The molecule has 0 amide bonds. The number of carbonyl (C=O) groups excluding carboxylic acids is 1. The van der Waals surface area contributed by atoms with Crippen LogP contribution in [0.3, 0.4) is 0 Å². The van der Waals surface area contributed by atoms with E-state index in [1.807, 2.05) is 6.92 Å². The normalized spacial score (nSPS) is 14.1. The molecule has 2 atom stereocenters. The fourth-order valence-electron chi connectivity index (χ4n) is 2.44. The van der Waals surface area contributed by atoms with Gasteiger partial charge in [-0.2, -0.15) is 13.2 Å². The minimum Gasteiger partial charge on any atom is -0.508 e. The molecule has 1 aromatic carbocycles. The first kappa shape index (κ1) is 21.3. The van der Waals surface area contributed by atoms with Gasteiger partial charge in [0.2, 0.25) is 6.10 Å². The Morgan fingerprint density at radius 1 is 1.12 bits per heavy atom. The van der Waals surface area contributed by atoms with Gasteiger partial charge in [0.1, 0.15) is 11.9 Å². The molecule has 25 heavy (non-hydrogen) atoms. The van der Waals surface area contributed by atoms with E-state index in [0.717, 1.165) is 19.3 Å². The maximum absolute atomic E-state index is 13.4. The van der Waals surface area contributed by atoms with Gasteiger partial charge in [0.25, 0.3) is 0 Å². The van der Waals surface area contributed by atoms with Crippen LogP contribution >= 0.6 is 0 Å². The number of ether oxygens (including phenoxy) is 2. The van der Waals surface area contributed by atoms with Crippen LogP contribution in [0.15, 0.2) is 24.3 Å². The summed E-state index contributed by atoms with van der Waals surface area (Å²) in [5.41, 5.74) is -0.0618. The van der Waals surface area contributed by atoms with E-state index in [-0.39, 0.29) is 24.3 Å². The van der Waals surface area contributed by atoms with Crippen LogP contribution in [0.4, 0.5) is 13.2 Å². The summed E-state index contributed by atoms with van der Waals surface area (Å²) in [7, 11) is 0. The maximum atomic E-state index is 13.4. The van der Waals surface area contributed by atoms with Crippen LogP contribution in [0.2, 0.25) is 0 Å². The number of aromatic hydroxyl groups is 1. The van der Waals surface area contributed by atoms with E-state index < -0.39 is 24.4 Å². The lowest BCUT2D eigenvalue weighted by atomic mass is 10.0. The zero-order valence-corrected chi connectivity index (χ0v) is 14.5. The Kier molecular flexibility index (Phi) is 8.75. The van der Waals surface area contributed by atoms with E-state index >= 15 is 0 Å². The van der Waals surface area contributed by atoms with Crippen molar-refractivity contribution in [2.45, 2.75) is 64.3 Å². The molecule has 0 saturated heterocycles. The number of hydrogen-bond donors (Lipinski definition) is 1. The molecule has 7 heteroatoms. The number of unbranched alkanes of at least 4 members (excludes halogenated alkanes) is 3. The Morgan fingerprint density at radius 3 is 2.28 bits per heavy atom. The van der Waals surface area contributed by atoms with Crippen molar-refractivity contribution in [1.29, 1.82) is 0 Å². The van der Waals surface area contributed by atoms with Crippen molar-refractivity contribution in [3.63, 3.8) is 0 Å². The minimum atomic E-state index is -4.73. The lowest BCUT2D eigenvalue weighted by molar-refractivity contribution is -0.237. The Bertz CT molecular complexity index is 514. The summed E-state index contributed by atoms with van der Waals surface area (Å²) in [6.45, 7) is 3.72. The van der Waals surface area contributed by atoms with E-state index in [1.54, 1.807) is 6.92 Å². The van der Waals surface area contributed by atoms with Gasteiger partial charge in [-0.3, -0.25) is 0 Å². The summed E-state index contributed by atoms with van der Waals surface area (Å²) in [6, 6.07) is 4.85. The van der Waals surface area contributed by atoms with Gasteiger partial charge in [-0.05, 0) is 37.6 Å². The number of alkyl halides is 3.